The van der Waals surface area contributed by atoms with Crippen molar-refractivity contribution in [2.45, 2.75) is 18.4 Å². The summed E-state index contributed by atoms with van der Waals surface area (Å²) in [7, 11) is 2.63. The van der Waals surface area contributed by atoms with Gasteiger partial charge >= 0.3 is 0 Å². The lowest BCUT2D eigenvalue weighted by molar-refractivity contribution is 0.348. The molecule has 0 radical (unpaired) electrons. The Balaban J connectivity index is 2.64. The summed E-state index contributed by atoms with van der Waals surface area (Å²) < 4.78 is 37.4. The van der Waals surface area contributed by atoms with E-state index in [2.05, 4.69) is 0 Å². The van der Waals surface area contributed by atoms with Crippen molar-refractivity contribution in [2.75, 3.05) is 14.2 Å². The third-order valence-corrected chi connectivity index (χ3v) is 2.86. The Hall–Kier alpha value is -1.36. The Morgan fingerprint density at radius 3 is 1.88 bits per heavy atom. The van der Waals surface area contributed by atoms with Gasteiger partial charge in [0, 0.05) is 11.6 Å². The van der Waals surface area contributed by atoms with Crippen molar-refractivity contribution in [3.8, 4) is 11.5 Å². The summed E-state index contributed by atoms with van der Waals surface area (Å²) in [5.74, 6) is -1.57. The minimum absolute atomic E-state index is 0.0509. The summed E-state index contributed by atoms with van der Waals surface area (Å²) in [6.07, 6.45) is 1.13. The molecule has 1 fully saturated rings. The standard InChI is InChI=1S/C11H13F2NO2/c1-15-6-5-7(16-2)10(13)8(9(6)12)11(14)3-4-11/h5H,3-4,14H2,1-2H3. The second-order valence-corrected chi connectivity index (χ2v) is 3.94. The minimum Gasteiger partial charge on any atom is -0.494 e. The van der Waals surface area contributed by atoms with Crippen LogP contribution in [0.5, 0.6) is 11.5 Å². The van der Waals surface area contributed by atoms with Crippen LogP contribution in [-0.2, 0) is 5.54 Å². The highest BCUT2D eigenvalue weighted by Crippen LogP contribution is 2.48. The minimum atomic E-state index is -0.907. The SMILES string of the molecule is COc1cc(OC)c(F)c(C2(N)CC2)c1F. The van der Waals surface area contributed by atoms with Crippen molar-refractivity contribution in [3.05, 3.63) is 23.3 Å². The Bertz CT molecular complexity index is 402. The maximum Gasteiger partial charge on any atom is 0.173 e. The molecule has 0 aromatic heterocycles. The number of rotatable bonds is 3. The molecule has 1 aromatic rings. The highest BCUT2D eigenvalue weighted by Gasteiger charge is 2.46. The quantitative estimate of drug-likeness (QED) is 0.861. The Morgan fingerprint density at radius 1 is 1.12 bits per heavy atom. The van der Waals surface area contributed by atoms with Crippen LogP contribution in [0.2, 0.25) is 0 Å². The second-order valence-electron chi connectivity index (χ2n) is 3.94. The Labute approximate surface area is 92.1 Å². The van der Waals surface area contributed by atoms with E-state index in [1.54, 1.807) is 0 Å². The van der Waals surface area contributed by atoms with Gasteiger partial charge in [0.1, 0.15) is 0 Å². The molecule has 1 saturated carbocycles. The van der Waals surface area contributed by atoms with Crippen LogP contribution in [-0.4, -0.2) is 14.2 Å². The maximum absolute atomic E-state index is 13.9. The molecule has 88 valence electrons. The summed E-state index contributed by atoms with van der Waals surface area (Å²) >= 11 is 0. The van der Waals surface area contributed by atoms with Gasteiger partial charge in [-0.1, -0.05) is 0 Å². The summed E-state index contributed by atoms with van der Waals surface area (Å²) in [5.41, 5.74) is 4.78. The lowest BCUT2D eigenvalue weighted by Crippen LogP contribution is -2.23. The first-order chi connectivity index (χ1) is 7.53. The first-order valence-electron chi connectivity index (χ1n) is 4.93. The van der Waals surface area contributed by atoms with Crippen LogP contribution in [0.15, 0.2) is 6.07 Å². The number of ether oxygens (including phenoxy) is 2. The molecule has 2 rings (SSSR count). The van der Waals surface area contributed by atoms with Crippen LogP contribution in [0.4, 0.5) is 8.78 Å². The second kappa shape index (κ2) is 3.59. The fourth-order valence-corrected chi connectivity index (χ4v) is 1.71. The van der Waals surface area contributed by atoms with Gasteiger partial charge in [-0.3, -0.25) is 0 Å². The van der Waals surface area contributed by atoms with Gasteiger partial charge < -0.3 is 15.2 Å². The molecule has 0 spiro atoms. The first kappa shape index (κ1) is 11.1. The van der Waals surface area contributed by atoms with E-state index in [0.717, 1.165) is 0 Å². The van der Waals surface area contributed by atoms with Crippen LogP contribution >= 0.6 is 0 Å². The van der Waals surface area contributed by atoms with Crippen LogP contribution in [0.1, 0.15) is 18.4 Å². The zero-order valence-electron chi connectivity index (χ0n) is 9.14. The third kappa shape index (κ3) is 1.51. The van der Waals surface area contributed by atoms with E-state index in [1.165, 1.54) is 20.3 Å². The maximum atomic E-state index is 13.9. The van der Waals surface area contributed by atoms with Crippen molar-refractivity contribution < 1.29 is 18.3 Å². The summed E-state index contributed by atoms with van der Waals surface area (Å²) in [5, 5.41) is 0. The van der Waals surface area contributed by atoms with E-state index >= 15 is 0 Å². The van der Waals surface area contributed by atoms with Crippen LogP contribution in [0.25, 0.3) is 0 Å². The van der Waals surface area contributed by atoms with E-state index in [-0.39, 0.29) is 17.1 Å². The molecule has 5 heteroatoms. The van der Waals surface area contributed by atoms with Gasteiger partial charge in [-0.05, 0) is 12.8 Å². The normalized spacial score (nSPS) is 17.1. The Morgan fingerprint density at radius 2 is 1.56 bits per heavy atom. The highest BCUT2D eigenvalue weighted by atomic mass is 19.1. The van der Waals surface area contributed by atoms with E-state index in [9.17, 15) is 8.78 Å². The number of hydrogen-bond acceptors (Lipinski definition) is 3. The van der Waals surface area contributed by atoms with Gasteiger partial charge in [0.05, 0.1) is 19.8 Å². The van der Waals surface area contributed by atoms with E-state index in [0.29, 0.717) is 12.8 Å². The molecule has 0 atom stereocenters. The molecule has 1 aromatic carbocycles. The van der Waals surface area contributed by atoms with Crippen molar-refractivity contribution >= 4 is 0 Å². The van der Waals surface area contributed by atoms with Crippen molar-refractivity contribution in [1.29, 1.82) is 0 Å². The number of nitrogens with two attached hydrogens (primary N) is 1. The summed E-state index contributed by atoms with van der Waals surface area (Å²) in [4.78, 5) is 0. The van der Waals surface area contributed by atoms with Crippen LogP contribution in [0.3, 0.4) is 0 Å². The summed E-state index contributed by atoms with van der Waals surface area (Å²) in [6.45, 7) is 0. The van der Waals surface area contributed by atoms with E-state index < -0.39 is 17.2 Å². The van der Waals surface area contributed by atoms with Crippen LogP contribution < -0.4 is 15.2 Å². The molecular weight excluding hydrogens is 216 g/mol. The molecule has 2 N–H and O–H groups in total. The van der Waals surface area contributed by atoms with Gasteiger partial charge in [0.2, 0.25) is 0 Å². The molecule has 0 unspecified atom stereocenters. The average Bonchev–Trinajstić information content (AvgIpc) is 2.98. The number of halogens is 2. The zero-order valence-corrected chi connectivity index (χ0v) is 9.14. The lowest BCUT2D eigenvalue weighted by atomic mass is 10.0. The zero-order chi connectivity index (χ0) is 11.9. The smallest absolute Gasteiger partial charge is 0.173 e. The fraction of sp³-hybridized carbons (Fsp3) is 0.455. The molecule has 0 amide bonds. The van der Waals surface area contributed by atoms with Gasteiger partial charge in [-0.2, -0.15) is 0 Å². The van der Waals surface area contributed by atoms with Crippen molar-refractivity contribution in [2.24, 2.45) is 5.73 Å². The Kier molecular flexibility index (Phi) is 2.50. The van der Waals surface area contributed by atoms with Gasteiger partial charge in [-0.25, -0.2) is 8.78 Å². The lowest BCUT2D eigenvalue weighted by Gasteiger charge is -2.16. The van der Waals surface area contributed by atoms with E-state index in [4.69, 9.17) is 15.2 Å². The van der Waals surface area contributed by atoms with Crippen molar-refractivity contribution in [1.82, 2.24) is 0 Å². The molecule has 0 saturated heterocycles. The molecule has 0 aliphatic heterocycles. The molecule has 0 bridgehead atoms. The molecule has 3 nitrogen and oxygen atoms in total. The predicted octanol–water partition coefficient (Wildman–Crippen LogP) is 1.93. The van der Waals surface area contributed by atoms with Gasteiger partial charge in [0.15, 0.2) is 23.1 Å². The number of methoxy groups -OCH3 is 2. The highest BCUT2D eigenvalue weighted by molar-refractivity contribution is 5.46. The van der Waals surface area contributed by atoms with Crippen molar-refractivity contribution in [3.63, 3.8) is 0 Å². The largest absolute Gasteiger partial charge is 0.494 e. The fourth-order valence-electron chi connectivity index (χ4n) is 1.71. The molecule has 1 aliphatic carbocycles. The predicted molar refractivity (Wildman–Crippen MR) is 54.6 cm³/mol. The summed E-state index contributed by atoms with van der Waals surface area (Å²) in [6, 6.07) is 1.18. The molecular formula is C11H13F2NO2. The number of benzene rings is 1. The monoisotopic (exact) mass is 229 g/mol. The van der Waals surface area contributed by atoms with Gasteiger partial charge in [0.25, 0.3) is 0 Å². The number of hydrogen-bond donors (Lipinski definition) is 1. The topological polar surface area (TPSA) is 44.5 Å². The van der Waals surface area contributed by atoms with Crippen LogP contribution in [0, 0.1) is 11.6 Å². The average molecular weight is 229 g/mol. The van der Waals surface area contributed by atoms with E-state index in [1.807, 2.05) is 0 Å². The first-order valence-corrected chi connectivity index (χ1v) is 4.93. The molecule has 1 aliphatic rings. The molecule has 16 heavy (non-hydrogen) atoms. The molecule has 0 heterocycles. The third-order valence-electron chi connectivity index (χ3n) is 2.86. The van der Waals surface area contributed by atoms with Gasteiger partial charge in [-0.15, -0.1) is 0 Å².